The Balaban J connectivity index is 2.54. The Morgan fingerprint density at radius 2 is 1.79 bits per heavy atom. The number of amides is 1. The Morgan fingerprint density at radius 1 is 1.16 bits per heavy atom. The number of hydrogen-bond acceptors (Lipinski definition) is 1. The lowest BCUT2D eigenvalue weighted by Gasteiger charge is -2.22. The minimum absolute atomic E-state index is 0.135. The van der Waals surface area contributed by atoms with Gasteiger partial charge in [0.15, 0.2) is 0 Å². The molecule has 0 unspecified atom stereocenters. The molecule has 2 nitrogen and oxygen atoms in total. The molecule has 0 fully saturated rings. The van der Waals surface area contributed by atoms with E-state index in [1.54, 1.807) is 0 Å². The van der Waals surface area contributed by atoms with E-state index in [1.807, 2.05) is 26.8 Å². The van der Waals surface area contributed by atoms with Crippen LogP contribution in [0.5, 0.6) is 0 Å². The van der Waals surface area contributed by atoms with Gasteiger partial charge in [-0.15, -0.1) is 0 Å². The normalized spacial score (nSPS) is 13.1. The van der Waals surface area contributed by atoms with E-state index < -0.39 is 0 Å². The van der Waals surface area contributed by atoms with Crippen molar-refractivity contribution in [2.24, 2.45) is 0 Å². The lowest BCUT2D eigenvalue weighted by molar-refractivity contribution is -0.122. The van der Waals surface area contributed by atoms with Gasteiger partial charge in [-0.3, -0.25) is 4.79 Å². The van der Waals surface area contributed by atoms with Gasteiger partial charge in [-0.1, -0.05) is 43.7 Å². The van der Waals surface area contributed by atoms with Crippen molar-refractivity contribution < 1.29 is 4.79 Å². The number of hydrogen-bond donors (Lipinski definition) is 1. The van der Waals surface area contributed by atoms with E-state index in [1.165, 1.54) is 5.56 Å². The molecular weight excluding hydrogens is 234 g/mol. The molecule has 0 saturated carbocycles. The molecule has 0 heterocycles. The van der Waals surface area contributed by atoms with Gasteiger partial charge >= 0.3 is 0 Å². The Labute approximate surface area is 117 Å². The van der Waals surface area contributed by atoms with E-state index in [0.29, 0.717) is 12.3 Å². The number of carbonyl (C=O) groups excluding carboxylic acids is 1. The number of nitrogens with one attached hydrogen (secondary N) is 1. The molecule has 1 N–H and O–H groups in total. The minimum Gasteiger partial charge on any atom is -0.352 e. The quantitative estimate of drug-likeness (QED) is 0.814. The predicted molar refractivity (Wildman–Crippen MR) is 81.2 cm³/mol. The van der Waals surface area contributed by atoms with Crippen molar-refractivity contribution in [3.8, 4) is 0 Å². The third-order valence-corrected chi connectivity index (χ3v) is 3.14. The van der Waals surface area contributed by atoms with Crippen molar-refractivity contribution in [1.82, 2.24) is 5.32 Å². The van der Waals surface area contributed by atoms with Crippen LogP contribution >= 0.6 is 0 Å². The van der Waals surface area contributed by atoms with E-state index >= 15 is 0 Å². The molecule has 0 aromatic heterocycles. The number of rotatable bonds is 6. The summed E-state index contributed by atoms with van der Waals surface area (Å²) in [6, 6.07) is 10.5. The van der Waals surface area contributed by atoms with Crippen LogP contribution in [-0.4, -0.2) is 11.4 Å². The summed E-state index contributed by atoms with van der Waals surface area (Å²) in [5, 5.41) is 3.03. The molecule has 1 atom stereocenters. The molecule has 0 aliphatic carbocycles. The second kappa shape index (κ2) is 7.32. The molecule has 0 bridgehead atoms. The summed E-state index contributed by atoms with van der Waals surface area (Å²) in [7, 11) is 0. The van der Waals surface area contributed by atoms with E-state index in [4.69, 9.17) is 0 Å². The molecule has 1 aromatic carbocycles. The Kier molecular flexibility index (Phi) is 6.07. The second-order valence-electron chi connectivity index (χ2n) is 6.23. The van der Waals surface area contributed by atoms with E-state index in [0.717, 1.165) is 19.3 Å². The van der Waals surface area contributed by atoms with Crippen molar-refractivity contribution in [3.05, 3.63) is 35.9 Å². The van der Waals surface area contributed by atoms with Crippen molar-refractivity contribution >= 4 is 5.91 Å². The summed E-state index contributed by atoms with van der Waals surface area (Å²) in [5.74, 6) is 0.654. The van der Waals surface area contributed by atoms with E-state index in [9.17, 15) is 4.79 Å². The van der Waals surface area contributed by atoms with Crippen molar-refractivity contribution in [3.63, 3.8) is 0 Å². The highest BCUT2D eigenvalue weighted by Gasteiger charge is 2.16. The second-order valence-corrected chi connectivity index (χ2v) is 6.23. The van der Waals surface area contributed by atoms with Crippen molar-refractivity contribution in [1.29, 1.82) is 0 Å². The van der Waals surface area contributed by atoms with Crippen LogP contribution in [0.25, 0.3) is 0 Å². The molecule has 1 amide bonds. The zero-order chi connectivity index (χ0) is 14.3. The highest BCUT2D eigenvalue weighted by atomic mass is 16.1. The van der Waals surface area contributed by atoms with Crippen LogP contribution in [0.15, 0.2) is 30.3 Å². The highest BCUT2D eigenvalue weighted by molar-refractivity contribution is 5.76. The molecule has 0 aliphatic heterocycles. The van der Waals surface area contributed by atoms with Crippen LogP contribution < -0.4 is 5.32 Å². The van der Waals surface area contributed by atoms with Gasteiger partial charge in [0.05, 0.1) is 0 Å². The average molecular weight is 261 g/mol. The van der Waals surface area contributed by atoms with Gasteiger partial charge in [-0.05, 0) is 45.1 Å². The Bertz CT molecular complexity index is 378. The summed E-state index contributed by atoms with van der Waals surface area (Å²) in [6.07, 6.45) is 3.84. The first-order valence-corrected chi connectivity index (χ1v) is 7.28. The fourth-order valence-corrected chi connectivity index (χ4v) is 2.34. The standard InChI is InChI=1S/C17H27NO/c1-5-9-14(15-10-7-6-8-11-15)12-13-16(19)18-17(2,3)4/h6-8,10-11,14H,5,9,12-13H2,1-4H3,(H,18,19)/t14-/m1/s1. The van der Waals surface area contributed by atoms with Crippen LogP contribution in [0.3, 0.4) is 0 Å². The molecule has 0 radical (unpaired) electrons. The molecule has 0 spiro atoms. The Hall–Kier alpha value is -1.31. The minimum atomic E-state index is -0.135. The first kappa shape index (κ1) is 15.7. The molecule has 0 aliphatic rings. The maximum absolute atomic E-state index is 11.9. The summed E-state index contributed by atoms with van der Waals surface area (Å²) in [4.78, 5) is 11.9. The maximum atomic E-state index is 11.9. The van der Waals surface area contributed by atoms with Crippen LogP contribution in [-0.2, 0) is 4.79 Å². The molecule has 1 aromatic rings. The zero-order valence-corrected chi connectivity index (χ0v) is 12.7. The molecule has 2 heteroatoms. The summed E-state index contributed by atoms with van der Waals surface area (Å²) in [5.41, 5.74) is 1.22. The first-order valence-electron chi connectivity index (χ1n) is 7.28. The summed E-state index contributed by atoms with van der Waals surface area (Å²) < 4.78 is 0. The largest absolute Gasteiger partial charge is 0.352 e. The molecule has 19 heavy (non-hydrogen) atoms. The van der Waals surface area contributed by atoms with Gasteiger partial charge < -0.3 is 5.32 Å². The number of benzene rings is 1. The van der Waals surface area contributed by atoms with E-state index in [-0.39, 0.29) is 11.4 Å². The molecule has 1 rings (SSSR count). The number of carbonyl (C=O) groups is 1. The van der Waals surface area contributed by atoms with Crippen LogP contribution in [0.1, 0.15) is 64.9 Å². The van der Waals surface area contributed by atoms with Crippen LogP contribution in [0.4, 0.5) is 0 Å². The lowest BCUT2D eigenvalue weighted by Crippen LogP contribution is -2.40. The monoisotopic (exact) mass is 261 g/mol. The van der Waals surface area contributed by atoms with Crippen molar-refractivity contribution in [2.75, 3.05) is 0 Å². The average Bonchev–Trinajstić information content (AvgIpc) is 2.33. The van der Waals surface area contributed by atoms with Gasteiger partial charge in [0.2, 0.25) is 5.91 Å². The topological polar surface area (TPSA) is 29.1 Å². The fourth-order valence-electron chi connectivity index (χ4n) is 2.34. The lowest BCUT2D eigenvalue weighted by atomic mass is 9.90. The Morgan fingerprint density at radius 3 is 2.32 bits per heavy atom. The third-order valence-electron chi connectivity index (χ3n) is 3.14. The third kappa shape index (κ3) is 6.42. The predicted octanol–water partition coefficient (Wildman–Crippen LogP) is 4.27. The van der Waals surface area contributed by atoms with Gasteiger partial charge in [0.1, 0.15) is 0 Å². The smallest absolute Gasteiger partial charge is 0.220 e. The highest BCUT2D eigenvalue weighted by Crippen LogP contribution is 2.26. The van der Waals surface area contributed by atoms with Gasteiger partial charge in [-0.25, -0.2) is 0 Å². The molecule has 106 valence electrons. The fraction of sp³-hybridized carbons (Fsp3) is 0.588. The van der Waals surface area contributed by atoms with Crippen LogP contribution in [0, 0.1) is 0 Å². The summed E-state index contributed by atoms with van der Waals surface area (Å²) in [6.45, 7) is 8.26. The van der Waals surface area contributed by atoms with Gasteiger partial charge in [0.25, 0.3) is 0 Å². The van der Waals surface area contributed by atoms with Gasteiger partial charge in [0, 0.05) is 12.0 Å². The SMILES string of the molecule is CCC[C@H](CCC(=O)NC(C)(C)C)c1ccccc1. The maximum Gasteiger partial charge on any atom is 0.220 e. The molecule has 0 saturated heterocycles. The van der Waals surface area contributed by atoms with Gasteiger partial charge in [-0.2, -0.15) is 0 Å². The summed E-state index contributed by atoms with van der Waals surface area (Å²) >= 11 is 0. The molecular formula is C17H27NO. The van der Waals surface area contributed by atoms with Crippen LogP contribution in [0.2, 0.25) is 0 Å². The zero-order valence-electron chi connectivity index (χ0n) is 12.7. The van der Waals surface area contributed by atoms with E-state index in [2.05, 4.69) is 36.5 Å². The first-order chi connectivity index (χ1) is 8.92. The van der Waals surface area contributed by atoms with Crippen molar-refractivity contribution in [2.45, 2.75) is 64.8 Å².